The monoisotopic (exact) mass is 297 g/mol. The summed E-state index contributed by atoms with van der Waals surface area (Å²) in [6.45, 7) is 6.57. The van der Waals surface area contributed by atoms with Gasteiger partial charge >= 0.3 is 0 Å². The summed E-state index contributed by atoms with van der Waals surface area (Å²) in [6.07, 6.45) is 0. The SMILES string of the molecule is CCNC(c1cccc(F)c1F)c1snnc1C(C)C. The second-order valence-corrected chi connectivity index (χ2v) is 5.60. The van der Waals surface area contributed by atoms with E-state index in [9.17, 15) is 8.78 Å². The second-order valence-electron chi connectivity index (χ2n) is 4.81. The summed E-state index contributed by atoms with van der Waals surface area (Å²) >= 11 is 1.22. The Balaban J connectivity index is 2.51. The molecule has 0 saturated carbocycles. The summed E-state index contributed by atoms with van der Waals surface area (Å²) < 4.78 is 31.5. The van der Waals surface area contributed by atoms with Gasteiger partial charge in [-0.1, -0.05) is 37.4 Å². The van der Waals surface area contributed by atoms with Gasteiger partial charge in [0.05, 0.1) is 16.6 Å². The first-order chi connectivity index (χ1) is 9.56. The maximum Gasteiger partial charge on any atom is 0.163 e. The molecule has 1 heterocycles. The van der Waals surface area contributed by atoms with Crippen LogP contribution in [0.1, 0.15) is 48.9 Å². The Bertz CT molecular complexity index is 584. The molecule has 1 unspecified atom stereocenters. The zero-order valence-electron chi connectivity index (χ0n) is 11.7. The highest BCUT2D eigenvalue weighted by molar-refractivity contribution is 7.05. The molecule has 0 saturated heterocycles. The highest BCUT2D eigenvalue weighted by Gasteiger charge is 2.25. The van der Waals surface area contributed by atoms with E-state index in [1.54, 1.807) is 6.07 Å². The molecule has 2 aromatic rings. The number of benzene rings is 1. The number of nitrogens with zero attached hydrogens (tertiary/aromatic N) is 2. The van der Waals surface area contributed by atoms with Gasteiger partial charge in [-0.2, -0.15) is 0 Å². The standard InChI is InChI=1S/C14H17F2N3S/c1-4-17-13(9-6-5-7-10(15)11(9)16)14-12(8(2)3)18-19-20-14/h5-8,13,17H,4H2,1-3H3. The number of aromatic nitrogens is 2. The van der Waals surface area contributed by atoms with Crippen LogP contribution in [0.5, 0.6) is 0 Å². The number of hydrogen-bond donors (Lipinski definition) is 1. The van der Waals surface area contributed by atoms with Crippen molar-refractivity contribution in [2.75, 3.05) is 6.54 Å². The van der Waals surface area contributed by atoms with Crippen molar-refractivity contribution in [2.45, 2.75) is 32.7 Å². The van der Waals surface area contributed by atoms with Crippen LogP contribution in [0.3, 0.4) is 0 Å². The van der Waals surface area contributed by atoms with Crippen molar-refractivity contribution in [2.24, 2.45) is 0 Å². The summed E-state index contributed by atoms with van der Waals surface area (Å²) in [4.78, 5) is 0.839. The molecule has 0 amide bonds. The number of nitrogens with one attached hydrogen (secondary N) is 1. The van der Waals surface area contributed by atoms with Gasteiger partial charge in [-0.3, -0.25) is 0 Å². The van der Waals surface area contributed by atoms with Crippen molar-refractivity contribution in [3.63, 3.8) is 0 Å². The minimum atomic E-state index is -0.839. The van der Waals surface area contributed by atoms with E-state index in [0.29, 0.717) is 12.1 Å². The summed E-state index contributed by atoms with van der Waals surface area (Å²) in [5.74, 6) is -1.47. The van der Waals surface area contributed by atoms with E-state index >= 15 is 0 Å². The first kappa shape index (κ1) is 15.0. The molecule has 6 heteroatoms. The lowest BCUT2D eigenvalue weighted by atomic mass is 9.99. The van der Waals surface area contributed by atoms with Gasteiger partial charge in [-0.25, -0.2) is 8.78 Å². The van der Waals surface area contributed by atoms with E-state index in [-0.39, 0.29) is 5.92 Å². The largest absolute Gasteiger partial charge is 0.306 e. The molecule has 0 fully saturated rings. The van der Waals surface area contributed by atoms with Crippen LogP contribution >= 0.6 is 11.5 Å². The van der Waals surface area contributed by atoms with Crippen LogP contribution in [-0.4, -0.2) is 16.1 Å². The quantitative estimate of drug-likeness (QED) is 0.915. The van der Waals surface area contributed by atoms with Crippen molar-refractivity contribution in [3.8, 4) is 0 Å². The van der Waals surface area contributed by atoms with E-state index in [0.717, 1.165) is 16.6 Å². The molecule has 0 spiro atoms. The maximum atomic E-state index is 14.0. The van der Waals surface area contributed by atoms with E-state index in [1.165, 1.54) is 17.6 Å². The highest BCUT2D eigenvalue weighted by atomic mass is 32.1. The Morgan fingerprint density at radius 3 is 2.70 bits per heavy atom. The highest BCUT2D eigenvalue weighted by Crippen LogP contribution is 2.32. The molecule has 1 N–H and O–H groups in total. The Kier molecular flexibility index (Phi) is 4.77. The Hall–Kier alpha value is -1.40. The van der Waals surface area contributed by atoms with Crippen LogP contribution in [0.4, 0.5) is 8.78 Å². The van der Waals surface area contributed by atoms with Crippen LogP contribution in [0.25, 0.3) is 0 Å². The van der Waals surface area contributed by atoms with E-state index < -0.39 is 17.7 Å². The zero-order chi connectivity index (χ0) is 14.7. The van der Waals surface area contributed by atoms with Crippen molar-refractivity contribution in [3.05, 3.63) is 46.0 Å². The van der Waals surface area contributed by atoms with Crippen LogP contribution in [0.15, 0.2) is 18.2 Å². The molecule has 1 aromatic heterocycles. The number of hydrogen-bond acceptors (Lipinski definition) is 4. The van der Waals surface area contributed by atoms with Gasteiger partial charge in [0.2, 0.25) is 0 Å². The minimum absolute atomic E-state index is 0.182. The molecule has 1 atom stereocenters. The molecular weight excluding hydrogens is 280 g/mol. The van der Waals surface area contributed by atoms with Gasteiger partial charge in [0.15, 0.2) is 11.6 Å². The Labute approximate surface area is 121 Å². The number of halogens is 2. The molecule has 0 radical (unpaired) electrons. The fraction of sp³-hybridized carbons (Fsp3) is 0.429. The first-order valence-corrected chi connectivity index (χ1v) is 7.33. The molecule has 2 rings (SSSR count). The minimum Gasteiger partial charge on any atom is -0.306 e. The molecule has 1 aromatic carbocycles. The maximum absolute atomic E-state index is 14.0. The molecule has 20 heavy (non-hydrogen) atoms. The van der Waals surface area contributed by atoms with Gasteiger partial charge in [0.1, 0.15) is 0 Å². The van der Waals surface area contributed by atoms with E-state index in [4.69, 9.17) is 0 Å². The summed E-state index contributed by atoms with van der Waals surface area (Å²) in [5, 5.41) is 7.30. The van der Waals surface area contributed by atoms with Crippen LogP contribution < -0.4 is 5.32 Å². The topological polar surface area (TPSA) is 37.8 Å². The van der Waals surface area contributed by atoms with E-state index in [1.807, 2.05) is 20.8 Å². The molecule has 0 aliphatic rings. The lowest BCUT2D eigenvalue weighted by Gasteiger charge is -2.19. The van der Waals surface area contributed by atoms with Gasteiger partial charge in [-0.05, 0) is 30.1 Å². The van der Waals surface area contributed by atoms with Gasteiger partial charge in [0, 0.05) is 5.56 Å². The van der Waals surface area contributed by atoms with Crippen LogP contribution in [0.2, 0.25) is 0 Å². The summed E-state index contributed by atoms with van der Waals surface area (Å²) in [5.41, 5.74) is 1.12. The smallest absolute Gasteiger partial charge is 0.163 e. The lowest BCUT2D eigenvalue weighted by Crippen LogP contribution is -2.23. The van der Waals surface area contributed by atoms with Crippen LogP contribution in [0, 0.1) is 11.6 Å². The number of rotatable bonds is 5. The predicted molar refractivity (Wildman–Crippen MR) is 75.9 cm³/mol. The van der Waals surface area contributed by atoms with E-state index in [2.05, 4.69) is 14.9 Å². The van der Waals surface area contributed by atoms with Gasteiger partial charge in [0.25, 0.3) is 0 Å². The summed E-state index contributed by atoms with van der Waals surface area (Å²) in [6, 6.07) is 3.81. The van der Waals surface area contributed by atoms with Crippen molar-refractivity contribution >= 4 is 11.5 Å². The normalized spacial score (nSPS) is 12.9. The lowest BCUT2D eigenvalue weighted by molar-refractivity contribution is 0.483. The fourth-order valence-corrected chi connectivity index (χ4v) is 3.00. The molecule has 3 nitrogen and oxygen atoms in total. The molecule has 108 valence electrons. The molecule has 0 aliphatic carbocycles. The average Bonchev–Trinajstić information content (AvgIpc) is 2.89. The first-order valence-electron chi connectivity index (χ1n) is 6.55. The Morgan fingerprint density at radius 2 is 2.05 bits per heavy atom. The third kappa shape index (κ3) is 2.86. The average molecular weight is 297 g/mol. The van der Waals surface area contributed by atoms with Gasteiger partial charge < -0.3 is 5.32 Å². The van der Waals surface area contributed by atoms with Crippen molar-refractivity contribution in [1.29, 1.82) is 0 Å². The molecule has 0 aliphatic heterocycles. The second kappa shape index (κ2) is 6.37. The van der Waals surface area contributed by atoms with Crippen molar-refractivity contribution in [1.82, 2.24) is 14.9 Å². The zero-order valence-corrected chi connectivity index (χ0v) is 12.5. The third-order valence-corrected chi connectivity index (χ3v) is 3.85. The molecule has 0 bridgehead atoms. The Morgan fingerprint density at radius 1 is 1.30 bits per heavy atom. The fourth-order valence-electron chi connectivity index (χ4n) is 2.10. The molecular formula is C14H17F2N3S. The van der Waals surface area contributed by atoms with Gasteiger partial charge in [-0.15, -0.1) is 5.10 Å². The van der Waals surface area contributed by atoms with Crippen molar-refractivity contribution < 1.29 is 8.78 Å². The predicted octanol–water partition coefficient (Wildman–Crippen LogP) is 3.64. The van der Waals surface area contributed by atoms with Crippen LogP contribution in [-0.2, 0) is 0 Å². The summed E-state index contributed by atoms with van der Waals surface area (Å²) in [7, 11) is 0. The third-order valence-electron chi connectivity index (χ3n) is 3.05.